The molecule has 1 aliphatic carbocycles. The number of carbonyl (C=O) groups is 3. The average Bonchev–Trinajstić information content (AvgIpc) is 2.75. The molecule has 2 rings (SSSR count). The minimum absolute atomic E-state index is 0.0595. The maximum absolute atomic E-state index is 11.8. The number of amides is 2. The van der Waals surface area contributed by atoms with Crippen LogP contribution in [0.2, 0.25) is 0 Å². The second-order valence-corrected chi connectivity index (χ2v) is 5.86. The van der Waals surface area contributed by atoms with E-state index in [2.05, 4.69) is 10.6 Å². The lowest BCUT2D eigenvalue weighted by atomic mass is 9.80. The second-order valence-electron chi connectivity index (χ2n) is 4.98. The van der Waals surface area contributed by atoms with Crippen molar-refractivity contribution >= 4 is 34.6 Å². The third kappa shape index (κ3) is 3.41. The number of carbonyl (C=O) groups excluding carboxylic acids is 3. The Hall–Kier alpha value is -1.89. The molecule has 0 spiro atoms. The highest BCUT2D eigenvalue weighted by Crippen LogP contribution is 2.35. The molecule has 1 aromatic rings. The van der Waals surface area contributed by atoms with Gasteiger partial charge >= 0.3 is 5.97 Å². The van der Waals surface area contributed by atoms with E-state index in [1.165, 1.54) is 11.3 Å². The summed E-state index contributed by atoms with van der Waals surface area (Å²) in [7, 11) is 0. The molecule has 1 aromatic heterocycles. The van der Waals surface area contributed by atoms with Crippen LogP contribution in [-0.4, -0.2) is 30.9 Å². The number of anilines is 1. The molecule has 0 aromatic carbocycles. The molecule has 1 aliphatic rings. The first-order valence-electron chi connectivity index (χ1n) is 6.82. The SMILES string of the molecule is CCOC(=O)C1CC(Nc2scc(C)c2C(=O)NC=O)C1. The van der Waals surface area contributed by atoms with Crippen LogP contribution in [0.4, 0.5) is 5.00 Å². The number of rotatable bonds is 6. The second kappa shape index (κ2) is 6.71. The molecule has 1 saturated carbocycles. The molecule has 6 nitrogen and oxygen atoms in total. The van der Waals surface area contributed by atoms with Crippen LogP contribution in [0.3, 0.4) is 0 Å². The van der Waals surface area contributed by atoms with E-state index < -0.39 is 5.91 Å². The summed E-state index contributed by atoms with van der Waals surface area (Å²) in [5, 5.41) is 8.02. The zero-order chi connectivity index (χ0) is 15.4. The topological polar surface area (TPSA) is 84.5 Å². The molecule has 0 atom stereocenters. The summed E-state index contributed by atoms with van der Waals surface area (Å²) in [5.74, 6) is -0.625. The van der Waals surface area contributed by atoms with Gasteiger partial charge in [-0.25, -0.2) is 0 Å². The van der Waals surface area contributed by atoms with Crippen LogP contribution in [0.15, 0.2) is 5.38 Å². The number of imide groups is 1. The van der Waals surface area contributed by atoms with Gasteiger partial charge in [-0.15, -0.1) is 11.3 Å². The predicted molar refractivity (Wildman–Crippen MR) is 79.4 cm³/mol. The third-order valence-corrected chi connectivity index (χ3v) is 4.51. The van der Waals surface area contributed by atoms with Gasteiger partial charge in [0, 0.05) is 6.04 Å². The predicted octanol–water partition coefficient (Wildman–Crippen LogP) is 1.70. The van der Waals surface area contributed by atoms with Gasteiger partial charge in [-0.3, -0.25) is 19.7 Å². The zero-order valence-electron chi connectivity index (χ0n) is 12.0. The molecule has 0 bridgehead atoms. The van der Waals surface area contributed by atoms with Crippen LogP contribution in [-0.2, 0) is 14.3 Å². The van der Waals surface area contributed by atoms with Crippen molar-refractivity contribution in [3.05, 3.63) is 16.5 Å². The first-order valence-corrected chi connectivity index (χ1v) is 7.70. The van der Waals surface area contributed by atoms with E-state index in [1.54, 1.807) is 6.92 Å². The Morgan fingerprint density at radius 2 is 2.19 bits per heavy atom. The van der Waals surface area contributed by atoms with Crippen molar-refractivity contribution in [2.24, 2.45) is 5.92 Å². The van der Waals surface area contributed by atoms with Gasteiger partial charge in [-0.05, 0) is 37.6 Å². The molecule has 114 valence electrons. The van der Waals surface area contributed by atoms with E-state index in [4.69, 9.17) is 4.74 Å². The number of ether oxygens (including phenoxy) is 1. The van der Waals surface area contributed by atoms with E-state index in [0.29, 0.717) is 31.4 Å². The van der Waals surface area contributed by atoms with Gasteiger partial charge in [-0.2, -0.15) is 0 Å². The fourth-order valence-corrected chi connectivity index (χ4v) is 3.35. The highest BCUT2D eigenvalue weighted by atomic mass is 32.1. The van der Waals surface area contributed by atoms with Crippen LogP contribution in [0.5, 0.6) is 0 Å². The van der Waals surface area contributed by atoms with Crippen molar-refractivity contribution in [1.82, 2.24) is 5.32 Å². The Morgan fingerprint density at radius 3 is 2.81 bits per heavy atom. The fourth-order valence-electron chi connectivity index (χ4n) is 2.33. The van der Waals surface area contributed by atoms with Crippen LogP contribution >= 0.6 is 11.3 Å². The first kappa shape index (κ1) is 15.5. The van der Waals surface area contributed by atoms with Crippen LogP contribution < -0.4 is 10.6 Å². The van der Waals surface area contributed by atoms with Gasteiger partial charge in [0.05, 0.1) is 18.1 Å². The van der Waals surface area contributed by atoms with E-state index in [0.717, 1.165) is 10.6 Å². The van der Waals surface area contributed by atoms with Crippen molar-refractivity contribution in [2.45, 2.75) is 32.7 Å². The Labute approximate surface area is 126 Å². The van der Waals surface area contributed by atoms with Crippen LogP contribution in [0.1, 0.15) is 35.7 Å². The molecule has 0 radical (unpaired) electrons. The van der Waals surface area contributed by atoms with Gasteiger partial charge in [-0.1, -0.05) is 0 Å². The number of esters is 1. The third-order valence-electron chi connectivity index (χ3n) is 3.49. The highest BCUT2D eigenvalue weighted by Gasteiger charge is 2.36. The maximum atomic E-state index is 11.8. The molecule has 0 aliphatic heterocycles. The Morgan fingerprint density at radius 1 is 1.48 bits per heavy atom. The van der Waals surface area contributed by atoms with Gasteiger partial charge in [0.25, 0.3) is 5.91 Å². The van der Waals surface area contributed by atoms with E-state index in [1.807, 2.05) is 12.3 Å². The average molecular weight is 310 g/mol. The quantitative estimate of drug-likeness (QED) is 0.617. The lowest BCUT2D eigenvalue weighted by molar-refractivity contribution is -0.151. The maximum Gasteiger partial charge on any atom is 0.309 e. The molecule has 0 unspecified atom stereocenters. The number of hydrogen-bond donors (Lipinski definition) is 2. The zero-order valence-corrected chi connectivity index (χ0v) is 12.8. The summed E-state index contributed by atoms with van der Waals surface area (Å²) >= 11 is 1.42. The van der Waals surface area contributed by atoms with Gasteiger partial charge in [0.2, 0.25) is 6.41 Å². The molecule has 1 fully saturated rings. The Balaban J connectivity index is 1.95. The Bertz CT molecular complexity index is 549. The number of thiophene rings is 1. The van der Waals surface area contributed by atoms with Crippen molar-refractivity contribution < 1.29 is 19.1 Å². The fraction of sp³-hybridized carbons (Fsp3) is 0.500. The number of aryl methyl sites for hydroxylation is 1. The molecule has 7 heteroatoms. The summed E-state index contributed by atoms with van der Waals surface area (Å²) in [5.41, 5.74) is 1.31. The number of nitrogens with one attached hydrogen (secondary N) is 2. The molecular weight excluding hydrogens is 292 g/mol. The van der Waals surface area contributed by atoms with Gasteiger partial charge in [0.1, 0.15) is 5.00 Å². The monoisotopic (exact) mass is 310 g/mol. The molecular formula is C14H18N2O4S. The smallest absolute Gasteiger partial charge is 0.309 e. The minimum atomic E-state index is -0.410. The van der Waals surface area contributed by atoms with E-state index >= 15 is 0 Å². The van der Waals surface area contributed by atoms with Crippen molar-refractivity contribution in [3.63, 3.8) is 0 Å². The summed E-state index contributed by atoms with van der Waals surface area (Å²) in [6, 6.07) is 0.153. The van der Waals surface area contributed by atoms with Crippen LogP contribution in [0, 0.1) is 12.8 Å². The molecule has 2 amide bonds. The van der Waals surface area contributed by atoms with Gasteiger partial charge in [0.15, 0.2) is 0 Å². The summed E-state index contributed by atoms with van der Waals surface area (Å²) in [4.78, 5) is 33.8. The Kier molecular flexibility index (Phi) is 4.95. The molecule has 21 heavy (non-hydrogen) atoms. The highest BCUT2D eigenvalue weighted by molar-refractivity contribution is 7.14. The summed E-state index contributed by atoms with van der Waals surface area (Å²) in [6.45, 7) is 4.01. The first-order chi connectivity index (χ1) is 10.1. The van der Waals surface area contributed by atoms with Crippen molar-refractivity contribution in [1.29, 1.82) is 0 Å². The van der Waals surface area contributed by atoms with Crippen molar-refractivity contribution in [2.75, 3.05) is 11.9 Å². The largest absolute Gasteiger partial charge is 0.466 e. The summed E-state index contributed by atoms with van der Waals surface area (Å²) in [6.07, 6.45) is 1.78. The van der Waals surface area contributed by atoms with Crippen molar-refractivity contribution in [3.8, 4) is 0 Å². The normalized spacial score (nSPS) is 20.3. The molecule has 2 N–H and O–H groups in total. The van der Waals surface area contributed by atoms with E-state index in [9.17, 15) is 14.4 Å². The van der Waals surface area contributed by atoms with E-state index in [-0.39, 0.29) is 17.9 Å². The lowest BCUT2D eigenvalue weighted by Gasteiger charge is -2.34. The lowest BCUT2D eigenvalue weighted by Crippen LogP contribution is -2.40. The minimum Gasteiger partial charge on any atom is -0.466 e. The van der Waals surface area contributed by atoms with Crippen LogP contribution in [0.25, 0.3) is 0 Å². The number of hydrogen-bond acceptors (Lipinski definition) is 6. The molecule has 1 heterocycles. The summed E-state index contributed by atoms with van der Waals surface area (Å²) < 4.78 is 4.98. The standard InChI is InChI=1S/C14H18N2O4S/c1-3-20-14(19)9-4-10(5-9)16-13-11(8(2)6-21-13)12(18)15-7-17/h6-7,9-10,16H,3-5H2,1-2H3,(H,15,17,18). The van der Waals surface area contributed by atoms with Gasteiger partial charge < -0.3 is 10.1 Å². The molecule has 0 saturated heterocycles.